The maximum Gasteiger partial charge on any atom is 0.308 e. The fourth-order valence-corrected chi connectivity index (χ4v) is 2.58. The fourth-order valence-electron chi connectivity index (χ4n) is 2.58. The van der Waals surface area contributed by atoms with Gasteiger partial charge in [0.1, 0.15) is 0 Å². The van der Waals surface area contributed by atoms with Crippen LogP contribution in [0.2, 0.25) is 0 Å². The molecule has 1 saturated carbocycles. The van der Waals surface area contributed by atoms with Crippen LogP contribution in [-0.4, -0.2) is 20.9 Å². The molecule has 0 atom stereocenters. The largest absolute Gasteiger partial charge is 0.481 e. The van der Waals surface area contributed by atoms with E-state index in [1.807, 2.05) is 6.92 Å². The van der Waals surface area contributed by atoms with Crippen LogP contribution in [0.25, 0.3) is 0 Å². The minimum Gasteiger partial charge on any atom is -0.481 e. The van der Waals surface area contributed by atoms with Crippen molar-refractivity contribution in [3.8, 4) is 0 Å². The quantitative estimate of drug-likeness (QED) is 0.834. The van der Waals surface area contributed by atoms with Crippen LogP contribution in [0.5, 0.6) is 0 Å². The van der Waals surface area contributed by atoms with E-state index < -0.39 is 5.97 Å². The second-order valence-electron chi connectivity index (χ2n) is 4.61. The van der Waals surface area contributed by atoms with Gasteiger partial charge in [-0.3, -0.25) is 14.7 Å². The fraction of sp³-hybridized carbons (Fsp3) is 0.667. The smallest absolute Gasteiger partial charge is 0.308 e. The Hall–Kier alpha value is -1.52. The van der Waals surface area contributed by atoms with E-state index >= 15 is 0 Å². The zero-order valence-electron chi connectivity index (χ0n) is 10.0. The molecule has 0 spiro atoms. The molecule has 0 aliphatic heterocycles. The third-order valence-corrected chi connectivity index (χ3v) is 3.47. The monoisotopic (exact) mass is 238 g/mol. The lowest BCUT2D eigenvalue weighted by Gasteiger charge is -2.09. The molecule has 0 amide bonds. The predicted octanol–water partition coefficient (Wildman–Crippen LogP) is 1.48. The molecule has 2 rings (SSSR count). The molecule has 94 valence electrons. The van der Waals surface area contributed by atoms with Crippen molar-refractivity contribution in [1.29, 1.82) is 0 Å². The zero-order valence-corrected chi connectivity index (χ0v) is 10.0. The normalized spacial score (nSPS) is 16.5. The van der Waals surface area contributed by atoms with Gasteiger partial charge in [-0.2, -0.15) is 0 Å². The first-order chi connectivity index (χ1) is 8.13. The molecule has 0 aromatic carbocycles. The van der Waals surface area contributed by atoms with Gasteiger partial charge in [0, 0.05) is 5.69 Å². The van der Waals surface area contributed by atoms with E-state index in [-0.39, 0.29) is 18.0 Å². The van der Waals surface area contributed by atoms with E-state index in [1.165, 1.54) is 0 Å². The van der Waals surface area contributed by atoms with Gasteiger partial charge in [-0.25, -0.2) is 4.68 Å². The number of hydrogen-bond donors (Lipinski definition) is 2. The summed E-state index contributed by atoms with van der Waals surface area (Å²) in [5, 5.41) is 11.9. The van der Waals surface area contributed by atoms with Gasteiger partial charge in [0.2, 0.25) is 0 Å². The molecule has 1 aromatic rings. The van der Waals surface area contributed by atoms with Crippen LogP contribution in [0.15, 0.2) is 4.79 Å². The molecule has 1 aromatic heterocycles. The summed E-state index contributed by atoms with van der Waals surface area (Å²) in [6, 6.07) is 0.232. The van der Waals surface area contributed by atoms with Crippen LogP contribution in [0.3, 0.4) is 0 Å². The van der Waals surface area contributed by atoms with E-state index in [1.54, 1.807) is 4.68 Å². The van der Waals surface area contributed by atoms with E-state index in [0.29, 0.717) is 12.0 Å². The first-order valence-corrected chi connectivity index (χ1v) is 6.17. The van der Waals surface area contributed by atoms with Crippen molar-refractivity contribution in [3.05, 3.63) is 21.6 Å². The molecule has 2 N–H and O–H groups in total. The summed E-state index contributed by atoms with van der Waals surface area (Å²) < 4.78 is 1.64. The van der Waals surface area contributed by atoms with Crippen LogP contribution in [0.1, 0.15) is 49.9 Å². The standard InChI is InChI=1S/C12H18N2O3/c1-2-10-9(7-11(15)16)12(17)14(13-10)8-5-3-4-6-8/h8,13H,2-7H2,1H3,(H,15,16). The number of rotatable bonds is 4. The molecule has 1 aliphatic carbocycles. The lowest BCUT2D eigenvalue weighted by Crippen LogP contribution is -2.23. The van der Waals surface area contributed by atoms with Crippen molar-refractivity contribution in [2.75, 3.05) is 0 Å². The van der Waals surface area contributed by atoms with Gasteiger partial charge in [-0.1, -0.05) is 19.8 Å². The van der Waals surface area contributed by atoms with Gasteiger partial charge in [-0.15, -0.1) is 0 Å². The van der Waals surface area contributed by atoms with E-state index in [4.69, 9.17) is 5.11 Å². The Bertz CT molecular complexity index is 467. The van der Waals surface area contributed by atoms with Crippen molar-refractivity contribution in [3.63, 3.8) is 0 Å². The molecule has 0 saturated heterocycles. The number of H-pyrrole nitrogens is 1. The molecule has 0 unspecified atom stereocenters. The molecular formula is C12H18N2O3. The lowest BCUT2D eigenvalue weighted by atomic mass is 10.1. The number of aryl methyl sites for hydroxylation is 1. The highest BCUT2D eigenvalue weighted by Gasteiger charge is 2.23. The van der Waals surface area contributed by atoms with Crippen LogP contribution in [0, 0.1) is 0 Å². The van der Waals surface area contributed by atoms with Crippen molar-refractivity contribution in [2.45, 2.75) is 51.5 Å². The van der Waals surface area contributed by atoms with Gasteiger partial charge in [0.15, 0.2) is 0 Å². The van der Waals surface area contributed by atoms with Gasteiger partial charge < -0.3 is 5.11 Å². The van der Waals surface area contributed by atoms with Crippen molar-refractivity contribution < 1.29 is 9.90 Å². The first kappa shape index (κ1) is 12.0. The molecule has 5 heteroatoms. The Morgan fingerprint density at radius 1 is 1.47 bits per heavy atom. The third kappa shape index (κ3) is 2.28. The van der Waals surface area contributed by atoms with Gasteiger partial charge in [0.25, 0.3) is 5.56 Å². The summed E-state index contributed by atoms with van der Waals surface area (Å²) in [6.45, 7) is 1.93. The molecule has 1 aliphatic rings. The molecule has 0 bridgehead atoms. The minimum atomic E-state index is -0.950. The Balaban J connectivity index is 2.37. The highest BCUT2D eigenvalue weighted by atomic mass is 16.4. The van der Waals surface area contributed by atoms with E-state index in [2.05, 4.69) is 5.10 Å². The maximum absolute atomic E-state index is 12.1. The number of nitrogens with one attached hydrogen (secondary N) is 1. The second kappa shape index (κ2) is 4.77. The van der Waals surface area contributed by atoms with Crippen molar-refractivity contribution in [2.24, 2.45) is 0 Å². The number of carboxylic acid groups (broad SMARTS) is 1. The number of aromatic amines is 1. The predicted molar refractivity (Wildman–Crippen MR) is 63.3 cm³/mol. The van der Waals surface area contributed by atoms with Crippen LogP contribution < -0.4 is 5.56 Å². The SMILES string of the molecule is CCc1[nH]n(C2CCCC2)c(=O)c1CC(=O)O. The Morgan fingerprint density at radius 3 is 2.65 bits per heavy atom. The lowest BCUT2D eigenvalue weighted by molar-refractivity contribution is -0.136. The van der Waals surface area contributed by atoms with E-state index in [0.717, 1.165) is 31.4 Å². The van der Waals surface area contributed by atoms with Crippen LogP contribution in [0.4, 0.5) is 0 Å². The highest BCUT2D eigenvalue weighted by Crippen LogP contribution is 2.28. The van der Waals surface area contributed by atoms with Gasteiger partial charge in [0.05, 0.1) is 18.0 Å². The average Bonchev–Trinajstić information content (AvgIpc) is 2.88. The Labute approximate surface area is 99.4 Å². The molecule has 1 fully saturated rings. The van der Waals surface area contributed by atoms with Gasteiger partial charge >= 0.3 is 5.97 Å². The number of carbonyl (C=O) groups is 1. The number of nitrogens with zero attached hydrogens (tertiary/aromatic N) is 1. The summed E-state index contributed by atoms with van der Waals surface area (Å²) >= 11 is 0. The van der Waals surface area contributed by atoms with Crippen LogP contribution in [-0.2, 0) is 17.6 Å². The average molecular weight is 238 g/mol. The zero-order chi connectivity index (χ0) is 12.4. The number of carboxylic acids is 1. The highest BCUT2D eigenvalue weighted by molar-refractivity contribution is 5.70. The van der Waals surface area contributed by atoms with E-state index in [9.17, 15) is 9.59 Å². The molecule has 1 heterocycles. The Kier molecular flexibility index (Phi) is 3.36. The molecule has 5 nitrogen and oxygen atoms in total. The Morgan fingerprint density at radius 2 is 2.12 bits per heavy atom. The summed E-state index contributed by atoms with van der Waals surface area (Å²) in [6.07, 6.45) is 4.79. The number of hydrogen-bond acceptors (Lipinski definition) is 2. The number of aromatic nitrogens is 2. The minimum absolute atomic E-state index is 0.142. The van der Waals surface area contributed by atoms with Crippen molar-refractivity contribution >= 4 is 5.97 Å². The summed E-state index contributed by atoms with van der Waals surface area (Å²) in [5.41, 5.74) is 1.05. The molecule has 0 radical (unpaired) electrons. The van der Waals surface area contributed by atoms with Crippen molar-refractivity contribution in [1.82, 2.24) is 9.78 Å². The topological polar surface area (TPSA) is 75.1 Å². The molecular weight excluding hydrogens is 220 g/mol. The first-order valence-electron chi connectivity index (χ1n) is 6.17. The second-order valence-corrected chi connectivity index (χ2v) is 4.61. The third-order valence-electron chi connectivity index (χ3n) is 3.47. The summed E-state index contributed by atoms with van der Waals surface area (Å²) in [7, 11) is 0. The maximum atomic E-state index is 12.1. The summed E-state index contributed by atoms with van der Waals surface area (Å²) in [5.74, 6) is -0.950. The van der Waals surface area contributed by atoms with Gasteiger partial charge in [-0.05, 0) is 19.3 Å². The summed E-state index contributed by atoms with van der Waals surface area (Å²) in [4.78, 5) is 22.9. The van der Waals surface area contributed by atoms with Crippen LogP contribution >= 0.6 is 0 Å². The number of aliphatic carboxylic acids is 1. The molecule has 17 heavy (non-hydrogen) atoms.